The average Bonchev–Trinajstić information content (AvgIpc) is 2.47. The van der Waals surface area contributed by atoms with Gasteiger partial charge in [-0.05, 0) is 30.3 Å². The Balaban J connectivity index is 2.13. The molecule has 102 valence electrons. The molecule has 0 fully saturated rings. The normalized spacial score (nSPS) is 9.90. The summed E-state index contributed by atoms with van der Waals surface area (Å²) < 4.78 is 4.59. The van der Waals surface area contributed by atoms with Crippen LogP contribution in [0.25, 0.3) is 0 Å². The molecule has 20 heavy (non-hydrogen) atoms. The SMILES string of the molecule is COC(=O)c1ccc(NC(=O)c2ccncc2Cl)cc1. The molecule has 5 nitrogen and oxygen atoms in total. The number of nitrogens with one attached hydrogen (secondary N) is 1. The lowest BCUT2D eigenvalue weighted by molar-refractivity contribution is 0.0600. The highest BCUT2D eigenvalue weighted by Crippen LogP contribution is 2.16. The fourth-order valence-electron chi connectivity index (χ4n) is 1.57. The summed E-state index contributed by atoms with van der Waals surface area (Å²) >= 11 is 5.89. The number of carbonyl (C=O) groups is 2. The van der Waals surface area contributed by atoms with Gasteiger partial charge in [-0.2, -0.15) is 0 Å². The van der Waals surface area contributed by atoms with E-state index in [-0.39, 0.29) is 10.9 Å². The van der Waals surface area contributed by atoms with Gasteiger partial charge in [0.05, 0.1) is 23.3 Å². The summed E-state index contributed by atoms with van der Waals surface area (Å²) in [5.41, 5.74) is 1.29. The first kappa shape index (κ1) is 14.0. The molecule has 6 heteroatoms. The highest BCUT2D eigenvalue weighted by atomic mass is 35.5. The Labute approximate surface area is 120 Å². The van der Waals surface area contributed by atoms with Crippen molar-refractivity contribution in [3.05, 3.63) is 58.9 Å². The van der Waals surface area contributed by atoms with E-state index in [1.807, 2.05) is 0 Å². The quantitative estimate of drug-likeness (QED) is 0.883. The Bertz CT molecular complexity index is 641. The molecule has 0 radical (unpaired) electrons. The first-order chi connectivity index (χ1) is 9.61. The third-order valence-electron chi connectivity index (χ3n) is 2.58. The van der Waals surface area contributed by atoms with Crippen LogP contribution in [0.4, 0.5) is 5.69 Å². The molecule has 1 heterocycles. The molecule has 0 aliphatic heterocycles. The van der Waals surface area contributed by atoms with Crippen molar-refractivity contribution in [2.24, 2.45) is 0 Å². The Hall–Kier alpha value is -2.40. The van der Waals surface area contributed by atoms with E-state index in [1.165, 1.54) is 25.6 Å². The zero-order valence-electron chi connectivity index (χ0n) is 10.6. The molecule has 2 rings (SSSR count). The van der Waals surface area contributed by atoms with Crippen LogP contribution in [0.5, 0.6) is 0 Å². The molecule has 2 aromatic rings. The zero-order valence-corrected chi connectivity index (χ0v) is 11.3. The maximum Gasteiger partial charge on any atom is 0.337 e. The monoisotopic (exact) mass is 290 g/mol. The van der Waals surface area contributed by atoms with E-state index in [1.54, 1.807) is 24.3 Å². The summed E-state index contributed by atoms with van der Waals surface area (Å²) in [5.74, 6) is -0.775. The summed E-state index contributed by atoms with van der Waals surface area (Å²) in [6.07, 6.45) is 2.89. The van der Waals surface area contributed by atoms with E-state index in [0.717, 1.165) is 0 Å². The molecule has 1 amide bonds. The lowest BCUT2D eigenvalue weighted by Gasteiger charge is -2.07. The molecular weight excluding hydrogens is 280 g/mol. The second-order valence-corrected chi connectivity index (χ2v) is 4.29. The van der Waals surface area contributed by atoms with Crippen LogP contribution >= 0.6 is 11.6 Å². The van der Waals surface area contributed by atoms with Gasteiger partial charge in [-0.15, -0.1) is 0 Å². The predicted octanol–water partition coefficient (Wildman–Crippen LogP) is 2.77. The molecule has 0 spiro atoms. The number of methoxy groups -OCH3 is 1. The first-order valence-electron chi connectivity index (χ1n) is 5.71. The Kier molecular flexibility index (Phi) is 4.32. The summed E-state index contributed by atoms with van der Waals surface area (Å²) in [4.78, 5) is 27.1. The van der Waals surface area contributed by atoms with Crippen LogP contribution in [0.1, 0.15) is 20.7 Å². The Morgan fingerprint density at radius 1 is 1.20 bits per heavy atom. The number of benzene rings is 1. The van der Waals surface area contributed by atoms with Crippen molar-refractivity contribution in [3.8, 4) is 0 Å². The van der Waals surface area contributed by atoms with Gasteiger partial charge < -0.3 is 10.1 Å². The van der Waals surface area contributed by atoms with E-state index in [2.05, 4.69) is 15.0 Å². The van der Waals surface area contributed by atoms with Gasteiger partial charge in [0.1, 0.15) is 0 Å². The van der Waals surface area contributed by atoms with Gasteiger partial charge in [-0.1, -0.05) is 11.6 Å². The molecule has 0 bridgehead atoms. The van der Waals surface area contributed by atoms with Gasteiger partial charge in [0.2, 0.25) is 0 Å². The smallest absolute Gasteiger partial charge is 0.337 e. The fourth-order valence-corrected chi connectivity index (χ4v) is 1.77. The number of nitrogens with zero attached hydrogens (tertiary/aromatic N) is 1. The summed E-state index contributed by atoms with van der Waals surface area (Å²) in [6.45, 7) is 0. The van der Waals surface area contributed by atoms with Gasteiger partial charge in [-0.3, -0.25) is 9.78 Å². The fraction of sp³-hybridized carbons (Fsp3) is 0.0714. The van der Waals surface area contributed by atoms with Crippen molar-refractivity contribution in [3.63, 3.8) is 0 Å². The molecule has 0 aliphatic rings. The highest BCUT2D eigenvalue weighted by Gasteiger charge is 2.11. The van der Waals surface area contributed by atoms with Crippen LogP contribution in [-0.2, 0) is 4.74 Å². The number of carbonyl (C=O) groups excluding carboxylic acids is 2. The lowest BCUT2D eigenvalue weighted by Crippen LogP contribution is -2.12. The molecule has 1 aromatic carbocycles. The molecular formula is C14H11ClN2O3. The highest BCUT2D eigenvalue weighted by molar-refractivity contribution is 6.34. The van der Waals surface area contributed by atoms with Gasteiger partial charge >= 0.3 is 5.97 Å². The number of esters is 1. The number of hydrogen-bond donors (Lipinski definition) is 1. The van der Waals surface area contributed by atoms with Crippen molar-refractivity contribution < 1.29 is 14.3 Å². The Morgan fingerprint density at radius 2 is 1.90 bits per heavy atom. The van der Waals surface area contributed by atoms with E-state index in [0.29, 0.717) is 16.8 Å². The van der Waals surface area contributed by atoms with Crippen molar-refractivity contribution in [1.82, 2.24) is 4.98 Å². The molecule has 0 saturated carbocycles. The summed E-state index contributed by atoms with van der Waals surface area (Å²) in [7, 11) is 1.31. The van der Waals surface area contributed by atoms with Gasteiger partial charge in [0.25, 0.3) is 5.91 Å². The third-order valence-corrected chi connectivity index (χ3v) is 2.88. The summed E-state index contributed by atoms with van der Waals surface area (Å²) in [5, 5.41) is 2.95. The second kappa shape index (κ2) is 6.16. The summed E-state index contributed by atoms with van der Waals surface area (Å²) in [6, 6.07) is 7.88. The van der Waals surface area contributed by atoms with Crippen molar-refractivity contribution >= 4 is 29.2 Å². The maximum absolute atomic E-state index is 12.0. The van der Waals surface area contributed by atoms with Crippen molar-refractivity contribution in [1.29, 1.82) is 0 Å². The van der Waals surface area contributed by atoms with Crippen molar-refractivity contribution in [2.75, 3.05) is 12.4 Å². The van der Waals surface area contributed by atoms with E-state index >= 15 is 0 Å². The molecule has 0 unspecified atom stereocenters. The minimum Gasteiger partial charge on any atom is -0.465 e. The molecule has 0 saturated heterocycles. The standard InChI is InChI=1S/C14H11ClN2O3/c1-20-14(19)9-2-4-10(5-3-9)17-13(18)11-6-7-16-8-12(11)15/h2-8H,1H3,(H,17,18). The number of aromatic nitrogens is 1. The minimum atomic E-state index is -0.431. The van der Waals surface area contributed by atoms with E-state index < -0.39 is 5.97 Å². The van der Waals surface area contributed by atoms with Crippen LogP contribution in [0, 0.1) is 0 Å². The van der Waals surface area contributed by atoms with Crippen LogP contribution < -0.4 is 5.32 Å². The van der Waals surface area contributed by atoms with Crippen LogP contribution in [0.15, 0.2) is 42.7 Å². The topological polar surface area (TPSA) is 68.3 Å². The van der Waals surface area contributed by atoms with Gasteiger partial charge in [0, 0.05) is 18.1 Å². The zero-order chi connectivity index (χ0) is 14.5. The number of hydrogen-bond acceptors (Lipinski definition) is 4. The average molecular weight is 291 g/mol. The van der Waals surface area contributed by atoms with Gasteiger partial charge in [-0.25, -0.2) is 4.79 Å². The molecule has 0 atom stereocenters. The first-order valence-corrected chi connectivity index (χ1v) is 6.09. The number of pyridine rings is 1. The second-order valence-electron chi connectivity index (χ2n) is 3.88. The van der Waals surface area contributed by atoms with Crippen LogP contribution in [0.3, 0.4) is 0 Å². The molecule has 0 aliphatic carbocycles. The number of halogens is 1. The molecule has 1 aromatic heterocycles. The largest absolute Gasteiger partial charge is 0.465 e. The minimum absolute atomic E-state index is 0.274. The van der Waals surface area contributed by atoms with Crippen LogP contribution in [-0.4, -0.2) is 24.0 Å². The third kappa shape index (κ3) is 3.13. The van der Waals surface area contributed by atoms with Crippen molar-refractivity contribution in [2.45, 2.75) is 0 Å². The predicted molar refractivity (Wildman–Crippen MR) is 75.0 cm³/mol. The lowest BCUT2D eigenvalue weighted by atomic mass is 10.2. The number of anilines is 1. The Morgan fingerprint density at radius 3 is 2.50 bits per heavy atom. The van der Waals surface area contributed by atoms with Crippen LogP contribution in [0.2, 0.25) is 5.02 Å². The molecule has 1 N–H and O–H groups in total. The van der Waals surface area contributed by atoms with E-state index in [4.69, 9.17) is 11.6 Å². The number of amides is 1. The number of rotatable bonds is 3. The van der Waals surface area contributed by atoms with Gasteiger partial charge in [0.15, 0.2) is 0 Å². The van der Waals surface area contributed by atoms with E-state index in [9.17, 15) is 9.59 Å². The number of ether oxygens (including phenoxy) is 1. The maximum atomic E-state index is 12.0.